The van der Waals surface area contributed by atoms with Crippen molar-refractivity contribution in [3.63, 3.8) is 0 Å². The van der Waals surface area contributed by atoms with Gasteiger partial charge in [0.1, 0.15) is 12.4 Å². The predicted molar refractivity (Wildman–Crippen MR) is 116 cm³/mol. The Balaban J connectivity index is 1.37. The van der Waals surface area contributed by atoms with E-state index < -0.39 is 0 Å². The van der Waals surface area contributed by atoms with Gasteiger partial charge >= 0.3 is 0 Å². The summed E-state index contributed by atoms with van der Waals surface area (Å²) in [4.78, 5) is 28.9. The van der Waals surface area contributed by atoms with Gasteiger partial charge < -0.3 is 19.9 Å². The predicted octanol–water partition coefficient (Wildman–Crippen LogP) is 3.33. The summed E-state index contributed by atoms with van der Waals surface area (Å²) in [5.74, 6) is 2.00. The second-order valence-corrected chi connectivity index (χ2v) is 8.85. The van der Waals surface area contributed by atoms with E-state index in [1.165, 1.54) is 6.42 Å². The molecule has 1 fully saturated rings. The number of benzene rings is 1. The van der Waals surface area contributed by atoms with Crippen LogP contribution in [0.5, 0.6) is 5.75 Å². The standard InChI is InChI=1S/C22H32ClN3O3/c1-16-12-17(2)15-25(14-16)9-3-8-24-21(27)6-7-22(28)26-10-11-29-20-5-4-18(23)13-19(20)26/h4-5,13,16-17H,3,6-12,14-15H2,1-2H3,(H,24,27). The summed E-state index contributed by atoms with van der Waals surface area (Å²) in [5.41, 5.74) is 0.680. The van der Waals surface area contributed by atoms with Gasteiger partial charge in [-0.2, -0.15) is 0 Å². The summed E-state index contributed by atoms with van der Waals surface area (Å²) >= 11 is 6.06. The monoisotopic (exact) mass is 421 g/mol. The van der Waals surface area contributed by atoms with Crippen LogP contribution in [0.25, 0.3) is 0 Å². The van der Waals surface area contributed by atoms with Crippen molar-refractivity contribution in [2.24, 2.45) is 11.8 Å². The lowest BCUT2D eigenvalue weighted by Crippen LogP contribution is -2.40. The van der Waals surface area contributed by atoms with Gasteiger partial charge in [-0.05, 0) is 49.4 Å². The Bertz CT molecular complexity index is 717. The van der Waals surface area contributed by atoms with Crippen LogP contribution in [0.15, 0.2) is 18.2 Å². The van der Waals surface area contributed by atoms with Gasteiger partial charge in [-0.1, -0.05) is 25.4 Å². The molecule has 1 aromatic carbocycles. The molecule has 3 rings (SSSR count). The smallest absolute Gasteiger partial charge is 0.227 e. The topological polar surface area (TPSA) is 61.9 Å². The first-order valence-electron chi connectivity index (χ1n) is 10.6. The molecule has 2 aliphatic rings. The van der Waals surface area contributed by atoms with Gasteiger partial charge in [0.05, 0.1) is 12.2 Å². The van der Waals surface area contributed by atoms with Crippen LogP contribution in [-0.2, 0) is 9.59 Å². The number of hydrogen-bond donors (Lipinski definition) is 1. The first-order chi connectivity index (χ1) is 13.9. The van der Waals surface area contributed by atoms with Gasteiger partial charge in [0, 0.05) is 37.5 Å². The molecule has 2 atom stereocenters. The third-order valence-corrected chi connectivity index (χ3v) is 5.80. The molecule has 0 aromatic heterocycles. The van der Waals surface area contributed by atoms with Gasteiger partial charge in [-0.15, -0.1) is 0 Å². The number of amides is 2. The van der Waals surface area contributed by atoms with E-state index in [0.29, 0.717) is 36.2 Å². The molecule has 160 valence electrons. The molecule has 6 nitrogen and oxygen atoms in total. The number of nitrogens with one attached hydrogen (secondary N) is 1. The maximum atomic E-state index is 12.6. The Morgan fingerprint density at radius 2 is 1.97 bits per heavy atom. The van der Waals surface area contributed by atoms with Crippen LogP contribution in [0.4, 0.5) is 5.69 Å². The van der Waals surface area contributed by atoms with E-state index >= 15 is 0 Å². The average molecular weight is 422 g/mol. The molecule has 1 saturated heterocycles. The number of anilines is 1. The van der Waals surface area contributed by atoms with Crippen LogP contribution in [0.1, 0.15) is 39.5 Å². The van der Waals surface area contributed by atoms with E-state index in [9.17, 15) is 9.59 Å². The number of rotatable bonds is 7. The molecule has 0 spiro atoms. The summed E-state index contributed by atoms with van der Waals surface area (Å²) in [6.45, 7) is 9.50. The van der Waals surface area contributed by atoms with Crippen LogP contribution in [0.2, 0.25) is 5.02 Å². The van der Waals surface area contributed by atoms with Crippen molar-refractivity contribution in [2.45, 2.75) is 39.5 Å². The lowest BCUT2D eigenvalue weighted by molar-refractivity contribution is -0.125. The van der Waals surface area contributed by atoms with Crippen molar-refractivity contribution in [3.8, 4) is 5.75 Å². The molecule has 2 aliphatic heterocycles. The number of nitrogens with zero attached hydrogens (tertiary/aromatic N) is 2. The first kappa shape index (κ1) is 21.9. The van der Waals surface area contributed by atoms with Gasteiger partial charge in [-0.3, -0.25) is 9.59 Å². The molecule has 0 aliphatic carbocycles. The fourth-order valence-electron chi connectivity index (χ4n) is 4.40. The number of ether oxygens (including phenoxy) is 1. The van der Waals surface area contributed by atoms with E-state index in [2.05, 4.69) is 24.1 Å². The van der Waals surface area contributed by atoms with Gasteiger partial charge in [-0.25, -0.2) is 0 Å². The summed E-state index contributed by atoms with van der Waals surface area (Å²) in [6.07, 6.45) is 2.62. The molecule has 1 aromatic rings. The molecule has 2 unspecified atom stereocenters. The van der Waals surface area contributed by atoms with Gasteiger partial charge in [0.25, 0.3) is 0 Å². The maximum Gasteiger partial charge on any atom is 0.227 e. The van der Waals surface area contributed by atoms with Crippen LogP contribution in [0, 0.1) is 11.8 Å². The number of hydrogen-bond acceptors (Lipinski definition) is 4. The third-order valence-electron chi connectivity index (χ3n) is 5.57. The lowest BCUT2D eigenvalue weighted by atomic mass is 9.92. The fourth-order valence-corrected chi connectivity index (χ4v) is 4.57. The van der Waals surface area contributed by atoms with Gasteiger partial charge in [0.15, 0.2) is 0 Å². The maximum absolute atomic E-state index is 12.6. The fraction of sp³-hybridized carbons (Fsp3) is 0.636. The van der Waals surface area contributed by atoms with Crippen LogP contribution in [-0.4, -0.2) is 56.0 Å². The second kappa shape index (κ2) is 10.3. The summed E-state index contributed by atoms with van der Waals surface area (Å²) < 4.78 is 5.58. The molecular formula is C22H32ClN3O3. The van der Waals surface area contributed by atoms with Crippen LogP contribution in [0.3, 0.4) is 0 Å². The van der Waals surface area contributed by atoms with Crippen LogP contribution >= 0.6 is 11.6 Å². The SMILES string of the molecule is CC1CC(C)CN(CCCNC(=O)CCC(=O)N2CCOc3ccc(Cl)cc32)C1. The average Bonchev–Trinajstić information content (AvgIpc) is 2.68. The van der Waals surface area contributed by atoms with Crippen LogP contribution < -0.4 is 15.0 Å². The minimum Gasteiger partial charge on any atom is -0.490 e. The number of likely N-dealkylation sites (tertiary alicyclic amines) is 1. The number of carbonyl (C=O) groups excluding carboxylic acids is 2. The van der Waals surface area contributed by atoms with E-state index in [1.807, 2.05) is 0 Å². The molecule has 2 heterocycles. The Labute approximate surface area is 178 Å². The molecule has 0 saturated carbocycles. The minimum absolute atomic E-state index is 0.0710. The highest BCUT2D eigenvalue weighted by atomic mass is 35.5. The quantitative estimate of drug-likeness (QED) is 0.686. The largest absolute Gasteiger partial charge is 0.490 e. The van der Waals surface area contributed by atoms with E-state index in [0.717, 1.165) is 37.9 Å². The number of halogens is 1. The highest BCUT2D eigenvalue weighted by molar-refractivity contribution is 6.31. The first-order valence-corrected chi connectivity index (χ1v) is 11.0. The highest BCUT2D eigenvalue weighted by Gasteiger charge is 2.24. The molecular weight excluding hydrogens is 390 g/mol. The highest BCUT2D eigenvalue weighted by Crippen LogP contribution is 2.34. The lowest BCUT2D eigenvalue weighted by Gasteiger charge is -2.34. The Morgan fingerprint density at radius 3 is 2.72 bits per heavy atom. The van der Waals surface area contributed by atoms with Gasteiger partial charge in [0.2, 0.25) is 11.8 Å². The normalized spacial score (nSPS) is 22.0. The van der Waals surface area contributed by atoms with Crippen molar-refractivity contribution in [2.75, 3.05) is 44.2 Å². The molecule has 7 heteroatoms. The van der Waals surface area contributed by atoms with E-state index in [1.54, 1.807) is 23.1 Å². The van der Waals surface area contributed by atoms with Crippen molar-refractivity contribution < 1.29 is 14.3 Å². The zero-order valence-corrected chi connectivity index (χ0v) is 18.2. The molecule has 1 N–H and O–H groups in total. The second-order valence-electron chi connectivity index (χ2n) is 8.42. The van der Waals surface area contributed by atoms with E-state index in [4.69, 9.17) is 16.3 Å². The zero-order chi connectivity index (χ0) is 20.8. The van der Waals surface area contributed by atoms with E-state index in [-0.39, 0.29) is 24.7 Å². The van der Waals surface area contributed by atoms with Crippen molar-refractivity contribution >= 4 is 29.1 Å². The van der Waals surface area contributed by atoms with Crippen molar-refractivity contribution in [1.29, 1.82) is 0 Å². The number of fused-ring (bicyclic) bond motifs is 1. The Morgan fingerprint density at radius 1 is 1.21 bits per heavy atom. The summed E-state index contributed by atoms with van der Waals surface area (Å²) in [6, 6.07) is 5.25. The molecule has 0 radical (unpaired) electrons. The van der Waals surface area contributed by atoms with Crippen molar-refractivity contribution in [1.82, 2.24) is 10.2 Å². The number of piperidine rings is 1. The summed E-state index contributed by atoms with van der Waals surface area (Å²) in [7, 11) is 0. The Kier molecular flexibility index (Phi) is 7.78. The number of carbonyl (C=O) groups is 2. The molecule has 29 heavy (non-hydrogen) atoms. The third kappa shape index (κ3) is 6.34. The zero-order valence-electron chi connectivity index (χ0n) is 17.5. The summed E-state index contributed by atoms with van der Waals surface area (Å²) in [5, 5.41) is 3.51. The molecule has 2 amide bonds. The minimum atomic E-state index is -0.0803. The Hall–Kier alpha value is -1.79. The molecule has 0 bridgehead atoms. The van der Waals surface area contributed by atoms with Crippen molar-refractivity contribution in [3.05, 3.63) is 23.2 Å².